The molecule has 0 aliphatic heterocycles. The molecule has 0 spiro atoms. The first kappa shape index (κ1) is 17.1. The van der Waals surface area contributed by atoms with Crippen LogP contribution in [0, 0.1) is 24.0 Å². The molecular formula is C16H25F2NO. The van der Waals surface area contributed by atoms with Crippen LogP contribution in [-0.2, 0) is 4.74 Å². The largest absolute Gasteiger partial charge is 0.379 e. The highest BCUT2D eigenvalue weighted by Crippen LogP contribution is 2.35. The smallest absolute Gasteiger partial charge is 0.133 e. The van der Waals surface area contributed by atoms with Crippen molar-refractivity contribution in [3.8, 4) is 0 Å². The molecule has 0 saturated carbocycles. The number of benzene rings is 1. The zero-order valence-electron chi connectivity index (χ0n) is 13.2. The predicted octanol–water partition coefficient (Wildman–Crippen LogP) is 3.98. The average Bonchev–Trinajstić information content (AvgIpc) is 2.33. The van der Waals surface area contributed by atoms with Gasteiger partial charge in [0.15, 0.2) is 0 Å². The van der Waals surface area contributed by atoms with Crippen LogP contribution in [0.25, 0.3) is 0 Å². The molecule has 2 atom stereocenters. The third-order valence-electron chi connectivity index (χ3n) is 3.46. The standard InChI is InChI=1S/C16H25F2NO/c1-7-19-14(15(20-6)16(3,4)5)12-11(17)9-8-10(2)13(12)18/h8-9,14-15,19H,7H2,1-6H3. The second-order valence-corrected chi connectivity index (χ2v) is 6.15. The number of nitrogens with one attached hydrogen (secondary N) is 1. The van der Waals surface area contributed by atoms with Crippen LogP contribution in [0.3, 0.4) is 0 Å². The van der Waals surface area contributed by atoms with Gasteiger partial charge in [0.25, 0.3) is 0 Å². The van der Waals surface area contributed by atoms with E-state index in [0.717, 1.165) is 0 Å². The predicted molar refractivity (Wildman–Crippen MR) is 77.8 cm³/mol. The van der Waals surface area contributed by atoms with Crippen molar-refractivity contribution in [3.63, 3.8) is 0 Å². The van der Waals surface area contributed by atoms with Crippen LogP contribution in [0.2, 0.25) is 0 Å². The molecule has 0 amide bonds. The van der Waals surface area contributed by atoms with Crippen LogP contribution in [-0.4, -0.2) is 19.8 Å². The Labute approximate surface area is 120 Å². The number of ether oxygens (including phenoxy) is 1. The maximum Gasteiger partial charge on any atom is 0.133 e. The molecule has 0 fully saturated rings. The average molecular weight is 285 g/mol. The van der Waals surface area contributed by atoms with E-state index in [-0.39, 0.29) is 17.1 Å². The molecular weight excluding hydrogens is 260 g/mol. The molecule has 0 heterocycles. The molecule has 0 aliphatic carbocycles. The van der Waals surface area contributed by atoms with E-state index >= 15 is 0 Å². The van der Waals surface area contributed by atoms with E-state index in [2.05, 4.69) is 5.32 Å². The maximum atomic E-state index is 14.4. The van der Waals surface area contributed by atoms with Crippen LogP contribution in [0.15, 0.2) is 12.1 Å². The van der Waals surface area contributed by atoms with Gasteiger partial charge >= 0.3 is 0 Å². The molecule has 114 valence electrons. The van der Waals surface area contributed by atoms with E-state index in [9.17, 15) is 8.78 Å². The van der Waals surface area contributed by atoms with Crippen molar-refractivity contribution in [1.82, 2.24) is 5.32 Å². The molecule has 20 heavy (non-hydrogen) atoms. The Hall–Kier alpha value is -1.00. The molecule has 0 bridgehead atoms. The number of methoxy groups -OCH3 is 1. The number of rotatable bonds is 5. The fraction of sp³-hybridized carbons (Fsp3) is 0.625. The van der Waals surface area contributed by atoms with Gasteiger partial charge in [-0.25, -0.2) is 8.78 Å². The highest BCUT2D eigenvalue weighted by atomic mass is 19.1. The summed E-state index contributed by atoms with van der Waals surface area (Å²) >= 11 is 0. The van der Waals surface area contributed by atoms with Crippen LogP contribution in [0.4, 0.5) is 8.78 Å². The van der Waals surface area contributed by atoms with Crippen LogP contribution >= 0.6 is 0 Å². The topological polar surface area (TPSA) is 21.3 Å². The summed E-state index contributed by atoms with van der Waals surface area (Å²) in [6.07, 6.45) is -0.340. The lowest BCUT2D eigenvalue weighted by molar-refractivity contribution is -0.0132. The lowest BCUT2D eigenvalue weighted by Crippen LogP contribution is -2.42. The zero-order chi connectivity index (χ0) is 15.5. The third kappa shape index (κ3) is 3.55. The van der Waals surface area contributed by atoms with Crippen molar-refractivity contribution >= 4 is 0 Å². The molecule has 2 nitrogen and oxygen atoms in total. The Morgan fingerprint density at radius 3 is 2.30 bits per heavy atom. The van der Waals surface area contributed by atoms with E-state index in [1.807, 2.05) is 27.7 Å². The highest BCUT2D eigenvalue weighted by molar-refractivity contribution is 5.30. The fourth-order valence-corrected chi connectivity index (χ4v) is 2.53. The van der Waals surface area contributed by atoms with Gasteiger partial charge in [-0.2, -0.15) is 0 Å². The van der Waals surface area contributed by atoms with Crippen molar-refractivity contribution < 1.29 is 13.5 Å². The Morgan fingerprint density at radius 2 is 1.85 bits per heavy atom. The molecule has 2 unspecified atom stereocenters. The first-order valence-corrected chi connectivity index (χ1v) is 6.94. The molecule has 1 N–H and O–H groups in total. The monoisotopic (exact) mass is 285 g/mol. The second-order valence-electron chi connectivity index (χ2n) is 6.15. The van der Waals surface area contributed by atoms with Gasteiger partial charge in [-0.15, -0.1) is 0 Å². The molecule has 0 radical (unpaired) electrons. The number of hydrogen-bond donors (Lipinski definition) is 1. The van der Waals surface area contributed by atoms with Gasteiger partial charge in [-0.05, 0) is 30.5 Å². The van der Waals surface area contributed by atoms with E-state index < -0.39 is 17.7 Å². The first-order valence-electron chi connectivity index (χ1n) is 6.94. The highest BCUT2D eigenvalue weighted by Gasteiger charge is 2.36. The second kappa shape index (κ2) is 6.64. The summed E-state index contributed by atoms with van der Waals surface area (Å²) < 4.78 is 34.1. The van der Waals surface area contributed by atoms with E-state index in [1.54, 1.807) is 14.0 Å². The molecule has 1 rings (SSSR count). The number of hydrogen-bond acceptors (Lipinski definition) is 2. The summed E-state index contributed by atoms with van der Waals surface area (Å²) in [5, 5.41) is 3.16. The van der Waals surface area contributed by atoms with Crippen molar-refractivity contribution in [2.75, 3.05) is 13.7 Å². The van der Waals surface area contributed by atoms with Crippen molar-refractivity contribution in [2.45, 2.75) is 46.8 Å². The zero-order valence-corrected chi connectivity index (χ0v) is 13.2. The quantitative estimate of drug-likeness (QED) is 0.883. The van der Waals surface area contributed by atoms with Crippen molar-refractivity contribution in [2.24, 2.45) is 5.41 Å². The normalized spacial score (nSPS) is 15.2. The molecule has 0 aliphatic rings. The van der Waals surface area contributed by atoms with E-state index in [0.29, 0.717) is 12.1 Å². The Bertz CT molecular complexity index is 455. The van der Waals surface area contributed by atoms with Gasteiger partial charge in [0.2, 0.25) is 0 Å². The van der Waals surface area contributed by atoms with Crippen LogP contribution in [0.5, 0.6) is 0 Å². The SMILES string of the molecule is CCNC(c1c(F)ccc(C)c1F)C(OC)C(C)(C)C. The number of aryl methyl sites for hydroxylation is 1. The molecule has 1 aromatic rings. The summed E-state index contributed by atoms with van der Waals surface area (Å²) in [6.45, 7) is 10.1. The van der Waals surface area contributed by atoms with Crippen LogP contribution in [0.1, 0.15) is 44.9 Å². The summed E-state index contributed by atoms with van der Waals surface area (Å²) in [7, 11) is 1.58. The minimum absolute atomic E-state index is 0.0635. The van der Waals surface area contributed by atoms with Crippen LogP contribution < -0.4 is 5.32 Å². The molecule has 0 aromatic heterocycles. The summed E-state index contributed by atoms with van der Waals surface area (Å²) in [5.74, 6) is -1.03. The Morgan fingerprint density at radius 1 is 1.25 bits per heavy atom. The number of likely N-dealkylation sites (N-methyl/N-ethyl adjacent to an activating group) is 1. The minimum atomic E-state index is -0.537. The third-order valence-corrected chi connectivity index (χ3v) is 3.46. The molecule has 4 heteroatoms. The molecule has 0 saturated heterocycles. The van der Waals surface area contributed by atoms with Gasteiger partial charge in [0.1, 0.15) is 11.6 Å². The lowest BCUT2D eigenvalue weighted by atomic mass is 9.81. The summed E-state index contributed by atoms with van der Waals surface area (Å²) in [5.41, 5.74) is 0.256. The minimum Gasteiger partial charge on any atom is -0.379 e. The summed E-state index contributed by atoms with van der Waals surface area (Å²) in [6, 6.07) is 2.24. The maximum absolute atomic E-state index is 14.4. The van der Waals surface area contributed by atoms with E-state index in [4.69, 9.17) is 4.74 Å². The van der Waals surface area contributed by atoms with Gasteiger partial charge in [-0.3, -0.25) is 0 Å². The summed E-state index contributed by atoms with van der Waals surface area (Å²) in [4.78, 5) is 0. The number of halogens is 2. The fourth-order valence-electron chi connectivity index (χ4n) is 2.53. The van der Waals surface area contributed by atoms with E-state index in [1.165, 1.54) is 12.1 Å². The van der Waals surface area contributed by atoms with Gasteiger partial charge in [-0.1, -0.05) is 33.8 Å². The Kier molecular flexibility index (Phi) is 5.66. The molecule has 1 aromatic carbocycles. The van der Waals surface area contributed by atoms with Gasteiger partial charge in [0, 0.05) is 12.7 Å². The van der Waals surface area contributed by atoms with Crippen molar-refractivity contribution in [1.29, 1.82) is 0 Å². The van der Waals surface area contributed by atoms with Gasteiger partial charge < -0.3 is 10.1 Å². The van der Waals surface area contributed by atoms with Crippen molar-refractivity contribution in [3.05, 3.63) is 34.9 Å². The Balaban J connectivity index is 3.37. The lowest BCUT2D eigenvalue weighted by Gasteiger charge is -2.37. The first-order chi connectivity index (χ1) is 9.23. The van der Waals surface area contributed by atoms with Gasteiger partial charge in [0.05, 0.1) is 12.1 Å².